The Balaban J connectivity index is 1.61. The zero-order valence-corrected chi connectivity index (χ0v) is 16.6. The Kier molecular flexibility index (Phi) is 6.89. The summed E-state index contributed by atoms with van der Waals surface area (Å²) >= 11 is 0. The molecule has 0 saturated heterocycles. The molecule has 0 fully saturated rings. The summed E-state index contributed by atoms with van der Waals surface area (Å²) in [6, 6.07) is 16.7. The van der Waals surface area contributed by atoms with E-state index in [4.69, 9.17) is 4.52 Å². The normalized spacial score (nSPS) is 10.3. The van der Waals surface area contributed by atoms with Crippen LogP contribution in [0.4, 0.5) is 5.69 Å². The second-order valence-electron chi connectivity index (χ2n) is 6.62. The van der Waals surface area contributed by atoms with Crippen molar-refractivity contribution in [3.8, 4) is 11.3 Å². The van der Waals surface area contributed by atoms with E-state index in [0.29, 0.717) is 11.3 Å². The molecule has 31 heavy (non-hydrogen) atoms. The van der Waals surface area contributed by atoms with Crippen molar-refractivity contribution in [2.45, 2.75) is 6.54 Å². The second kappa shape index (κ2) is 9.97. The van der Waals surface area contributed by atoms with Gasteiger partial charge in [0.15, 0.2) is 11.5 Å². The van der Waals surface area contributed by atoms with Gasteiger partial charge in [0, 0.05) is 36.9 Å². The maximum atomic E-state index is 12.6. The summed E-state index contributed by atoms with van der Waals surface area (Å²) in [5, 5.41) is 17.2. The zero-order chi connectivity index (χ0) is 22.2. The number of nitro benzene ring substituents is 1. The van der Waals surface area contributed by atoms with Crippen LogP contribution in [0.1, 0.15) is 16.1 Å². The van der Waals surface area contributed by atoms with Crippen LogP contribution in [0.25, 0.3) is 11.3 Å². The summed E-state index contributed by atoms with van der Waals surface area (Å²) in [6.07, 6.45) is 1.54. The lowest BCUT2D eigenvalue weighted by Crippen LogP contribution is -2.40. The predicted molar refractivity (Wildman–Crippen MR) is 113 cm³/mol. The van der Waals surface area contributed by atoms with Gasteiger partial charge >= 0.3 is 0 Å². The van der Waals surface area contributed by atoms with Crippen LogP contribution in [-0.4, -0.2) is 39.9 Å². The van der Waals surface area contributed by atoms with Crippen molar-refractivity contribution in [3.63, 3.8) is 0 Å². The summed E-state index contributed by atoms with van der Waals surface area (Å²) in [4.78, 5) is 36.8. The summed E-state index contributed by atoms with van der Waals surface area (Å²) in [6.45, 7) is 3.73. The fourth-order valence-corrected chi connectivity index (χ4v) is 2.88. The van der Waals surface area contributed by atoms with E-state index in [-0.39, 0.29) is 36.9 Å². The number of hydrogen-bond acceptors (Lipinski definition) is 6. The Morgan fingerprint density at radius 1 is 1.16 bits per heavy atom. The topological polar surface area (TPSA) is 119 Å². The highest BCUT2D eigenvalue weighted by Crippen LogP contribution is 2.19. The van der Waals surface area contributed by atoms with Crippen molar-refractivity contribution < 1.29 is 19.0 Å². The van der Waals surface area contributed by atoms with Crippen LogP contribution in [0.5, 0.6) is 0 Å². The molecule has 158 valence electrons. The first-order chi connectivity index (χ1) is 15.0. The first kappa shape index (κ1) is 21.4. The molecule has 2 aromatic carbocycles. The monoisotopic (exact) mass is 420 g/mol. The molecular weight excluding hydrogens is 400 g/mol. The zero-order valence-electron chi connectivity index (χ0n) is 16.6. The van der Waals surface area contributed by atoms with Crippen LogP contribution in [0.15, 0.2) is 77.8 Å². The third-order valence-corrected chi connectivity index (χ3v) is 4.40. The lowest BCUT2D eigenvalue weighted by molar-refractivity contribution is -0.384. The largest absolute Gasteiger partial charge is 0.355 e. The number of benzene rings is 2. The van der Waals surface area contributed by atoms with Crippen molar-refractivity contribution in [2.24, 2.45) is 0 Å². The fourth-order valence-electron chi connectivity index (χ4n) is 2.88. The van der Waals surface area contributed by atoms with Gasteiger partial charge in [0.1, 0.15) is 0 Å². The maximum absolute atomic E-state index is 12.6. The molecule has 0 aliphatic rings. The number of non-ortho nitro benzene ring substituents is 1. The number of aromatic nitrogens is 1. The molecule has 9 nitrogen and oxygen atoms in total. The van der Waals surface area contributed by atoms with Crippen molar-refractivity contribution in [1.29, 1.82) is 0 Å². The molecule has 1 heterocycles. The van der Waals surface area contributed by atoms with E-state index in [1.165, 1.54) is 23.1 Å². The molecular formula is C22H20N4O5. The van der Waals surface area contributed by atoms with E-state index >= 15 is 0 Å². The molecule has 3 rings (SSSR count). The minimum atomic E-state index is -0.548. The molecule has 2 amide bonds. The summed E-state index contributed by atoms with van der Waals surface area (Å²) in [5.74, 6) is -0.476. The first-order valence-corrected chi connectivity index (χ1v) is 9.40. The van der Waals surface area contributed by atoms with E-state index in [1.54, 1.807) is 18.2 Å². The molecule has 0 radical (unpaired) electrons. The van der Waals surface area contributed by atoms with Crippen molar-refractivity contribution >= 4 is 17.5 Å². The number of nitro groups is 1. The highest BCUT2D eigenvalue weighted by Gasteiger charge is 2.18. The van der Waals surface area contributed by atoms with Crippen LogP contribution in [-0.2, 0) is 11.3 Å². The van der Waals surface area contributed by atoms with Gasteiger partial charge in [0.05, 0.1) is 11.5 Å². The van der Waals surface area contributed by atoms with Crippen LogP contribution in [0, 0.1) is 10.1 Å². The lowest BCUT2D eigenvalue weighted by atomic mass is 10.1. The Hall–Kier alpha value is -4.27. The fraction of sp³-hybridized carbons (Fsp3) is 0.136. The molecule has 0 atom stereocenters. The van der Waals surface area contributed by atoms with Crippen LogP contribution in [0.2, 0.25) is 0 Å². The molecule has 0 aliphatic carbocycles. The Morgan fingerprint density at radius 2 is 1.94 bits per heavy atom. The highest BCUT2D eigenvalue weighted by molar-refractivity contribution is 5.95. The quantitative estimate of drug-likeness (QED) is 0.323. The van der Waals surface area contributed by atoms with Gasteiger partial charge < -0.3 is 14.7 Å². The Morgan fingerprint density at radius 3 is 2.65 bits per heavy atom. The SMILES string of the molecule is C=CCN(Cc1cccc([N+](=O)[O-])c1)C(=O)CNC(=O)c1cc(-c2ccccc2)on1. The number of amides is 2. The average Bonchev–Trinajstić information content (AvgIpc) is 3.28. The van der Waals surface area contributed by atoms with E-state index < -0.39 is 10.8 Å². The molecule has 9 heteroatoms. The highest BCUT2D eigenvalue weighted by atomic mass is 16.6. The van der Waals surface area contributed by atoms with E-state index in [2.05, 4.69) is 17.1 Å². The third kappa shape index (κ3) is 5.63. The first-order valence-electron chi connectivity index (χ1n) is 9.40. The second-order valence-corrected chi connectivity index (χ2v) is 6.62. The molecule has 1 aromatic heterocycles. The van der Waals surface area contributed by atoms with Gasteiger partial charge in [-0.3, -0.25) is 19.7 Å². The van der Waals surface area contributed by atoms with E-state index in [9.17, 15) is 19.7 Å². The van der Waals surface area contributed by atoms with Gasteiger partial charge in [0.2, 0.25) is 5.91 Å². The van der Waals surface area contributed by atoms with E-state index in [1.807, 2.05) is 30.3 Å². The number of carbonyl (C=O) groups excluding carboxylic acids is 2. The number of hydrogen-bond donors (Lipinski definition) is 1. The molecule has 0 spiro atoms. The number of nitrogens with one attached hydrogen (secondary N) is 1. The molecule has 0 saturated carbocycles. The smallest absolute Gasteiger partial charge is 0.273 e. The number of nitrogens with zero attached hydrogens (tertiary/aromatic N) is 3. The van der Waals surface area contributed by atoms with Gasteiger partial charge in [-0.1, -0.05) is 53.7 Å². The van der Waals surface area contributed by atoms with Gasteiger partial charge in [-0.2, -0.15) is 0 Å². The average molecular weight is 420 g/mol. The number of carbonyl (C=O) groups is 2. The molecule has 0 aliphatic heterocycles. The Labute approximate surface area is 178 Å². The summed E-state index contributed by atoms with van der Waals surface area (Å²) in [7, 11) is 0. The summed E-state index contributed by atoms with van der Waals surface area (Å²) in [5.41, 5.74) is 1.37. The van der Waals surface area contributed by atoms with Crippen LogP contribution >= 0.6 is 0 Å². The van der Waals surface area contributed by atoms with Crippen LogP contribution < -0.4 is 5.32 Å². The third-order valence-electron chi connectivity index (χ3n) is 4.40. The number of rotatable bonds is 9. The van der Waals surface area contributed by atoms with Crippen molar-refractivity contribution in [3.05, 3.63) is 94.7 Å². The maximum Gasteiger partial charge on any atom is 0.273 e. The predicted octanol–water partition coefficient (Wildman–Crippen LogP) is 3.19. The minimum Gasteiger partial charge on any atom is -0.355 e. The molecule has 1 N–H and O–H groups in total. The van der Waals surface area contributed by atoms with Gasteiger partial charge in [-0.05, 0) is 5.56 Å². The standard InChI is InChI=1S/C22H20N4O5/c1-2-11-25(15-16-7-6-10-18(12-16)26(29)30)21(27)14-23-22(28)19-13-20(31-24-19)17-8-4-3-5-9-17/h2-10,12-13H,1,11,14-15H2,(H,23,28). The van der Waals surface area contributed by atoms with Crippen molar-refractivity contribution in [1.82, 2.24) is 15.4 Å². The minimum absolute atomic E-state index is 0.0561. The Bertz CT molecular complexity index is 1090. The van der Waals surface area contributed by atoms with Crippen LogP contribution in [0.3, 0.4) is 0 Å². The molecule has 3 aromatic rings. The van der Waals surface area contributed by atoms with Gasteiger partial charge in [-0.15, -0.1) is 6.58 Å². The summed E-state index contributed by atoms with van der Waals surface area (Å²) < 4.78 is 5.20. The molecule has 0 bridgehead atoms. The van der Waals surface area contributed by atoms with E-state index in [0.717, 1.165) is 5.56 Å². The van der Waals surface area contributed by atoms with Crippen molar-refractivity contribution in [2.75, 3.05) is 13.1 Å². The molecule has 0 unspecified atom stereocenters. The lowest BCUT2D eigenvalue weighted by Gasteiger charge is -2.21. The van der Waals surface area contributed by atoms with Gasteiger partial charge in [0.25, 0.3) is 11.6 Å². The van der Waals surface area contributed by atoms with Gasteiger partial charge in [-0.25, -0.2) is 0 Å².